The molecule has 0 aliphatic carbocycles. The van der Waals surface area contributed by atoms with Crippen molar-refractivity contribution in [1.82, 2.24) is 0 Å². The monoisotopic (exact) mass is 256 g/mol. The van der Waals surface area contributed by atoms with Crippen molar-refractivity contribution in [3.63, 3.8) is 0 Å². The molecule has 1 nitrogen and oxygen atoms in total. The summed E-state index contributed by atoms with van der Waals surface area (Å²) in [6.45, 7) is 6.04. The van der Waals surface area contributed by atoms with Crippen molar-refractivity contribution in [1.29, 1.82) is 0 Å². The molecule has 0 aliphatic rings. The number of rotatable bonds is 3. The Hall–Kier alpha value is -0.340. The first kappa shape index (κ1) is 11.7. The molecule has 0 saturated carbocycles. The van der Waals surface area contributed by atoms with Crippen LogP contribution in [0.5, 0.6) is 0 Å². The van der Waals surface area contributed by atoms with Crippen molar-refractivity contribution in [2.24, 2.45) is 5.92 Å². The lowest BCUT2D eigenvalue weighted by Crippen LogP contribution is -2.29. The molecule has 0 fully saturated rings. The Morgan fingerprint density at radius 1 is 1.50 bits per heavy atom. The van der Waals surface area contributed by atoms with Gasteiger partial charge in [0, 0.05) is 4.47 Å². The standard InChI is InChI=1S/C12H17BrO/c1-4-9(2)12(3,14)10-6-5-7-11(13)8-10/h5-9,14H,4H2,1-3H3. The largest absolute Gasteiger partial charge is 0.385 e. The van der Waals surface area contributed by atoms with Gasteiger partial charge in [-0.25, -0.2) is 0 Å². The van der Waals surface area contributed by atoms with Crippen molar-refractivity contribution in [2.75, 3.05) is 0 Å². The summed E-state index contributed by atoms with van der Waals surface area (Å²) in [7, 11) is 0. The molecule has 2 atom stereocenters. The molecule has 0 saturated heterocycles. The summed E-state index contributed by atoms with van der Waals surface area (Å²) in [4.78, 5) is 0. The van der Waals surface area contributed by atoms with Crippen LogP contribution in [0.1, 0.15) is 32.8 Å². The number of aliphatic hydroxyl groups is 1. The SMILES string of the molecule is CCC(C)C(C)(O)c1cccc(Br)c1. The molecule has 1 aromatic carbocycles. The van der Waals surface area contributed by atoms with Gasteiger partial charge in [0.1, 0.15) is 0 Å². The topological polar surface area (TPSA) is 20.2 Å². The highest BCUT2D eigenvalue weighted by molar-refractivity contribution is 9.10. The molecule has 0 heterocycles. The van der Waals surface area contributed by atoms with Gasteiger partial charge in [0.2, 0.25) is 0 Å². The van der Waals surface area contributed by atoms with E-state index in [-0.39, 0.29) is 5.92 Å². The fourth-order valence-corrected chi connectivity index (χ4v) is 1.88. The number of benzene rings is 1. The van der Waals surface area contributed by atoms with Gasteiger partial charge >= 0.3 is 0 Å². The van der Waals surface area contributed by atoms with Crippen LogP contribution in [0.2, 0.25) is 0 Å². The van der Waals surface area contributed by atoms with Crippen LogP contribution in [-0.4, -0.2) is 5.11 Å². The molecule has 0 amide bonds. The van der Waals surface area contributed by atoms with Crippen LogP contribution in [0, 0.1) is 5.92 Å². The molecule has 0 aromatic heterocycles. The summed E-state index contributed by atoms with van der Waals surface area (Å²) < 4.78 is 1.01. The van der Waals surface area contributed by atoms with Crippen LogP contribution in [0.3, 0.4) is 0 Å². The first-order valence-electron chi connectivity index (χ1n) is 4.97. The van der Waals surface area contributed by atoms with Gasteiger partial charge in [0.05, 0.1) is 5.60 Å². The van der Waals surface area contributed by atoms with E-state index in [0.29, 0.717) is 0 Å². The van der Waals surface area contributed by atoms with Gasteiger partial charge < -0.3 is 5.11 Å². The third-order valence-electron chi connectivity index (χ3n) is 2.98. The van der Waals surface area contributed by atoms with E-state index in [1.165, 1.54) is 0 Å². The summed E-state index contributed by atoms with van der Waals surface area (Å²) in [5, 5.41) is 10.4. The zero-order valence-corrected chi connectivity index (χ0v) is 10.5. The number of hydrogen-bond acceptors (Lipinski definition) is 1. The molecule has 2 unspecified atom stereocenters. The van der Waals surface area contributed by atoms with Crippen LogP contribution >= 0.6 is 15.9 Å². The fraction of sp³-hybridized carbons (Fsp3) is 0.500. The Morgan fingerprint density at radius 3 is 2.64 bits per heavy atom. The van der Waals surface area contributed by atoms with Crippen molar-refractivity contribution in [3.05, 3.63) is 34.3 Å². The Bertz CT molecular complexity index is 307. The second kappa shape index (κ2) is 4.45. The quantitative estimate of drug-likeness (QED) is 0.875. The average molecular weight is 257 g/mol. The molecule has 14 heavy (non-hydrogen) atoms. The van der Waals surface area contributed by atoms with Gasteiger partial charge in [-0.2, -0.15) is 0 Å². The van der Waals surface area contributed by atoms with Crippen LogP contribution in [0.25, 0.3) is 0 Å². The molecular formula is C12H17BrO. The predicted octanol–water partition coefficient (Wildman–Crippen LogP) is 3.70. The van der Waals surface area contributed by atoms with Gasteiger partial charge in [-0.15, -0.1) is 0 Å². The second-order valence-corrected chi connectivity index (χ2v) is 4.88. The minimum atomic E-state index is -0.738. The van der Waals surface area contributed by atoms with Crippen LogP contribution < -0.4 is 0 Å². The maximum absolute atomic E-state index is 10.4. The van der Waals surface area contributed by atoms with Crippen LogP contribution in [-0.2, 0) is 5.60 Å². The van der Waals surface area contributed by atoms with Crippen LogP contribution in [0.15, 0.2) is 28.7 Å². The smallest absolute Gasteiger partial charge is 0.0894 e. The zero-order valence-electron chi connectivity index (χ0n) is 8.92. The minimum absolute atomic E-state index is 0.261. The number of halogens is 1. The second-order valence-electron chi connectivity index (χ2n) is 3.97. The average Bonchev–Trinajstić information content (AvgIpc) is 2.16. The summed E-state index contributed by atoms with van der Waals surface area (Å²) in [6, 6.07) is 7.87. The summed E-state index contributed by atoms with van der Waals surface area (Å²) >= 11 is 3.41. The maximum Gasteiger partial charge on any atom is 0.0894 e. The Morgan fingerprint density at radius 2 is 2.14 bits per heavy atom. The highest BCUT2D eigenvalue weighted by Crippen LogP contribution is 2.32. The lowest BCUT2D eigenvalue weighted by Gasteiger charge is -2.30. The highest BCUT2D eigenvalue weighted by Gasteiger charge is 2.28. The molecule has 0 radical (unpaired) electrons. The maximum atomic E-state index is 10.4. The van der Waals surface area contributed by atoms with E-state index in [2.05, 4.69) is 29.8 Å². The van der Waals surface area contributed by atoms with E-state index in [9.17, 15) is 5.11 Å². The summed E-state index contributed by atoms with van der Waals surface area (Å²) in [5.74, 6) is 0.261. The van der Waals surface area contributed by atoms with Crippen LogP contribution in [0.4, 0.5) is 0 Å². The normalized spacial score (nSPS) is 17.5. The van der Waals surface area contributed by atoms with E-state index in [1.807, 2.05) is 31.2 Å². The molecule has 0 bridgehead atoms. The van der Waals surface area contributed by atoms with E-state index < -0.39 is 5.60 Å². The molecular weight excluding hydrogens is 240 g/mol. The Balaban J connectivity index is 3.03. The van der Waals surface area contributed by atoms with Gasteiger partial charge in [-0.1, -0.05) is 48.3 Å². The predicted molar refractivity (Wildman–Crippen MR) is 63.2 cm³/mol. The minimum Gasteiger partial charge on any atom is -0.385 e. The van der Waals surface area contributed by atoms with Gasteiger partial charge in [0.25, 0.3) is 0 Å². The third-order valence-corrected chi connectivity index (χ3v) is 3.47. The molecule has 0 aliphatic heterocycles. The Labute approximate surface area is 94.3 Å². The molecule has 0 spiro atoms. The highest BCUT2D eigenvalue weighted by atomic mass is 79.9. The van der Waals surface area contributed by atoms with E-state index in [4.69, 9.17) is 0 Å². The first-order chi connectivity index (χ1) is 6.48. The Kier molecular flexibility index (Phi) is 3.73. The van der Waals surface area contributed by atoms with E-state index in [1.54, 1.807) is 0 Å². The molecule has 1 N–H and O–H groups in total. The van der Waals surface area contributed by atoms with Crippen molar-refractivity contribution >= 4 is 15.9 Å². The summed E-state index contributed by atoms with van der Waals surface area (Å²) in [6.07, 6.45) is 0.972. The summed E-state index contributed by atoms with van der Waals surface area (Å²) in [5.41, 5.74) is 0.236. The fourth-order valence-electron chi connectivity index (χ4n) is 1.49. The van der Waals surface area contributed by atoms with Crippen molar-refractivity contribution < 1.29 is 5.11 Å². The van der Waals surface area contributed by atoms with Gasteiger partial charge in [-0.3, -0.25) is 0 Å². The van der Waals surface area contributed by atoms with E-state index in [0.717, 1.165) is 16.5 Å². The van der Waals surface area contributed by atoms with E-state index >= 15 is 0 Å². The van der Waals surface area contributed by atoms with Crippen molar-refractivity contribution in [2.45, 2.75) is 32.8 Å². The molecule has 2 heteroatoms. The third kappa shape index (κ3) is 2.37. The van der Waals surface area contributed by atoms with Gasteiger partial charge in [0.15, 0.2) is 0 Å². The number of hydrogen-bond donors (Lipinski definition) is 1. The lowest BCUT2D eigenvalue weighted by molar-refractivity contribution is -0.0000298. The zero-order chi connectivity index (χ0) is 10.8. The molecule has 1 rings (SSSR count). The molecule has 78 valence electrons. The van der Waals surface area contributed by atoms with Gasteiger partial charge in [-0.05, 0) is 30.5 Å². The lowest BCUT2D eigenvalue weighted by atomic mass is 9.83. The molecule has 1 aromatic rings. The first-order valence-corrected chi connectivity index (χ1v) is 5.76. The van der Waals surface area contributed by atoms with Crippen molar-refractivity contribution in [3.8, 4) is 0 Å².